The van der Waals surface area contributed by atoms with E-state index in [1.807, 2.05) is 30.3 Å². The number of hydrogen-bond donors (Lipinski definition) is 0. The topological polar surface area (TPSA) is 61.8 Å². The van der Waals surface area contributed by atoms with Gasteiger partial charge in [-0.2, -0.15) is 0 Å². The van der Waals surface area contributed by atoms with Crippen molar-refractivity contribution in [2.75, 3.05) is 6.61 Å². The highest BCUT2D eigenvalue weighted by Crippen LogP contribution is 2.04. The van der Waals surface area contributed by atoms with Crippen molar-refractivity contribution < 1.29 is 23.8 Å². The summed E-state index contributed by atoms with van der Waals surface area (Å²) in [6, 6.07) is 9.17. The molecule has 5 nitrogen and oxygen atoms in total. The quantitative estimate of drug-likeness (QED) is 0.594. The van der Waals surface area contributed by atoms with E-state index in [-0.39, 0.29) is 13.0 Å². The van der Waals surface area contributed by atoms with Gasteiger partial charge in [0.15, 0.2) is 0 Å². The zero-order valence-electron chi connectivity index (χ0n) is 10.4. The fourth-order valence-electron chi connectivity index (χ4n) is 1.30. The Bertz CT molecular complexity index is 388. The molecule has 1 aromatic rings. The maximum absolute atomic E-state index is 11.5. The van der Waals surface area contributed by atoms with Gasteiger partial charge in [0.05, 0.1) is 13.0 Å². The average Bonchev–Trinajstić information content (AvgIpc) is 2.29. The Balaban J connectivity index is 2.34. The van der Waals surface area contributed by atoms with Gasteiger partial charge < -0.3 is 14.2 Å². The average molecular weight is 252 g/mol. The van der Waals surface area contributed by atoms with E-state index >= 15 is 0 Å². The molecule has 0 aliphatic rings. The number of carbonyl (C=O) groups is 2. The molecule has 0 saturated carbocycles. The largest absolute Gasteiger partial charge is 0.511 e. The third-order valence-electron chi connectivity index (χ3n) is 2.01. The van der Waals surface area contributed by atoms with Crippen molar-refractivity contribution in [2.24, 2.45) is 0 Å². The van der Waals surface area contributed by atoms with E-state index < -0.39 is 18.4 Å². The van der Waals surface area contributed by atoms with Crippen LogP contribution >= 0.6 is 0 Å². The Hall–Kier alpha value is -2.04. The monoisotopic (exact) mass is 252 g/mol. The Morgan fingerprint density at radius 3 is 2.44 bits per heavy atom. The van der Waals surface area contributed by atoms with Crippen molar-refractivity contribution >= 4 is 12.1 Å². The second-order valence-corrected chi connectivity index (χ2v) is 3.52. The number of hydrogen-bond acceptors (Lipinski definition) is 5. The van der Waals surface area contributed by atoms with Crippen molar-refractivity contribution in [1.82, 2.24) is 0 Å². The van der Waals surface area contributed by atoms with Crippen molar-refractivity contribution in [3.63, 3.8) is 0 Å². The first-order valence-electron chi connectivity index (χ1n) is 5.68. The number of esters is 1. The van der Waals surface area contributed by atoms with Crippen LogP contribution in [0, 0.1) is 0 Å². The predicted octanol–water partition coefficient (Wildman–Crippen LogP) is 2.29. The van der Waals surface area contributed by atoms with E-state index in [4.69, 9.17) is 9.47 Å². The molecule has 0 heterocycles. The summed E-state index contributed by atoms with van der Waals surface area (Å²) in [6.07, 6.45) is -1.67. The Labute approximate surface area is 106 Å². The van der Waals surface area contributed by atoms with Crippen LogP contribution in [0.25, 0.3) is 0 Å². The lowest BCUT2D eigenvalue weighted by Gasteiger charge is -2.13. The van der Waals surface area contributed by atoms with E-state index in [1.54, 1.807) is 6.92 Å². The van der Waals surface area contributed by atoms with Gasteiger partial charge in [-0.05, 0) is 12.5 Å². The molecule has 1 aromatic carbocycles. The fourth-order valence-corrected chi connectivity index (χ4v) is 1.30. The van der Waals surface area contributed by atoms with Crippen LogP contribution in [0.3, 0.4) is 0 Å². The van der Waals surface area contributed by atoms with Gasteiger partial charge in [-0.25, -0.2) is 4.79 Å². The van der Waals surface area contributed by atoms with Gasteiger partial charge in [0, 0.05) is 6.92 Å². The van der Waals surface area contributed by atoms with Crippen LogP contribution in [-0.2, 0) is 25.4 Å². The molecule has 0 bridgehead atoms. The van der Waals surface area contributed by atoms with Crippen LogP contribution in [-0.4, -0.2) is 25.0 Å². The summed E-state index contributed by atoms with van der Waals surface area (Å²) in [5.41, 5.74) is 0.839. The van der Waals surface area contributed by atoms with Gasteiger partial charge in [0.25, 0.3) is 0 Å². The molecule has 0 aromatic heterocycles. The second kappa shape index (κ2) is 7.32. The molecule has 0 saturated heterocycles. The second-order valence-electron chi connectivity index (χ2n) is 3.52. The fraction of sp³-hybridized carbons (Fsp3) is 0.385. The van der Waals surface area contributed by atoms with Crippen molar-refractivity contribution in [3.05, 3.63) is 35.9 Å². The molecule has 0 spiro atoms. The summed E-state index contributed by atoms with van der Waals surface area (Å²) in [4.78, 5) is 22.5. The van der Waals surface area contributed by atoms with Gasteiger partial charge in [-0.3, -0.25) is 4.79 Å². The molecular weight excluding hydrogens is 236 g/mol. The van der Waals surface area contributed by atoms with Crippen LogP contribution in [0.4, 0.5) is 4.79 Å². The van der Waals surface area contributed by atoms with E-state index in [1.165, 1.54) is 6.92 Å². The van der Waals surface area contributed by atoms with E-state index in [2.05, 4.69) is 4.74 Å². The number of rotatable bonds is 5. The summed E-state index contributed by atoms with van der Waals surface area (Å²) >= 11 is 0. The minimum absolute atomic E-state index is 0.136. The lowest BCUT2D eigenvalue weighted by molar-refractivity contribution is -0.167. The Morgan fingerprint density at radius 2 is 1.83 bits per heavy atom. The Kier molecular flexibility index (Phi) is 5.70. The van der Waals surface area contributed by atoms with Crippen molar-refractivity contribution in [1.29, 1.82) is 0 Å². The third kappa shape index (κ3) is 5.34. The highest BCUT2D eigenvalue weighted by atomic mass is 16.8. The highest BCUT2D eigenvalue weighted by molar-refractivity contribution is 5.72. The molecule has 0 radical (unpaired) electrons. The molecule has 1 rings (SSSR count). The summed E-state index contributed by atoms with van der Waals surface area (Å²) in [6.45, 7) is 3.33. The van der Waals surface area contributed by atoms with Crippen molar-refractivity contribution in [3.8, 4) is 0 Å². The van der Waals surface area contributed by atoms with Crippen LogP contribution in [0.2, 0.25) is 0 Å². The van der Waals surface area contributed by atoms with Gasteiger partial charge in [0.1, 0.15) is 0 Å². The normalized spacial score (nSPS) is 11.4. The predicted molar refractivity (Wildman–Crippen MR) is 63.8 cm³/mol. The zero-order chi connectivity index (χ0) is 13.4. The number of benzene rings is 1. The Morgan fingerprint density at radius 1 is 1.17 bits per heavy atom. The summed E-state index contributed by atoms with van der Waals surface area (Å²) in [5, 5.41) is 0. The van der Waals surface area contributed by atoms with Gasteiger partial charge in [-0.1, -0.05) is 30.3 Å². The molecule has 98 valence electrons. The standard InChI is InChI=1S/C13H16O5/c1-3-16-13(15)18-10(2)17-12(14)9-11-7-5-4-6-8-11/h4-8,10H,3,9H2,1-2H3. The smallest absolute Gasteiger partial charge is 0.435 e. The molecule has 1 unspecified atom stereocenters. The molecule has 5 heteroatoms. The SMILES string of the molecule is CCOC(=O)OC(C)OC(=O)Cc1ccccc1. The minimum atomic E-state index is -0.958. The van der Waals surface area contributed by atoms with Crippen LogP contribution in [0.15, 0.2) is 30.3 Å². The van der Waals surface area contributed by atoms with E-state index in [0.29, 0.717) is 0 Å². The number of ether oxygens (including phenoxy) is 3. The van der Waals surface area contributed by atoms with E-state index in [9.17, 15) is 9.59 Å². The first kappa shape index (κ1) is 14.0. The molecule has 0 aliphatic carbocycles. The van der Waals surface area contributed by atoms with Crippen molar-refractivity contribution in [2.45, 2.75) is 26.6 Å². The summed E-state index contributed by atoms with van der Waals surface area (Å²) in [5.74, 6) is -0.460. The maximum atomic E-state index is 11.5. The molecule has 0 fully saturated rings. The maximum Gasteiger partial charge on any atom is 0.511 e. The molecule has 0 N–H and O–H groups in total. The molecule has 0 aliphatic heterocycles. The zero-order valence-corrected chi connectivity index (χ0v) is 10.4. The summed E-state index contributed by atoms with van der Waals surface area (Å²) < 4.78 is 14.2. The molecule has 0 amide bonds. The van der Waals surface area contributed by atoms with Gasteiger partial charge >= 0.3 is 12.1 Å². The summed E-state index contributed by atoms with van der Waals surface area (Å²) in [7, 11) is 0. The lowest BCUT2D eigenvalue weighted by Crippen LogP contribution is -2.23. The van der Waals surface area contributed by atoms with Gasteiger partial charge in [0.2, 0.25) is 6.29 Å². The molecule has 18 heavy (non-hydrogen) atoms. The molecule has 1 atom stereocenters. The highest BCUT2D eigenvalue weighted by Gasteiger charge is 2.14. The third-order valence-corrected chi connectivity index (χ3v) is 2.01. The lowest BCUT2D eigenvalue weighted by atomic mass is 10.2. The van der Waals surface area contributed by atoms with Crippen LogP contribution < -0.4 is 0 Å². The number of carbonyl (C=O) groups excluding carboxylic acids is 2. The molecular formula is C13H16O5. The van der Waals surface area contributed by atoms with Crippen LogP contribution in [0.1, 0.15) is 19.4 Å². The first-order valence-corrected chi connectivity index (χ1v) is 5.68. The first-order chi connectivity index (χ1) is 8.61. The van der Waals surface area contributed by atoms with Gasteiger partial charge in [-0.15, -0.1) is 0 Å². The van der Waals surface area contributed by atoms with Crippen LogP contribution in [0.5, 0.6) is 0 Å². The van der Waals surface area contributed by atoms with E-state index in [0.717, 1.165) is 5.56 Å². The minimum Gasteiger partial charge on any atom is -0.435 e.